The van der Waals surface area contributed by atoms with Gasteiger partial charge >= 0.3 is 0 Å². The van der Waals surface area contributed by atoms with Gasteiger partial charge in [0.25, 0.3) is 0 Å². The van der Waals surface area contributed by atoms with Crippen molar-refractivity contribution in [3.05, 3.63) is 60.2 Å². The Hall–Kier alpha value is -3.32. The highest BCUT2D eigenvalue weighted by atomic mass is 32.1. The summed E-state index contributed by atoms with van der Waals surface area (Å²) in [4.78, 5) is 4.05. The number of ether oxygens (including phenoxy) is 2. The number of rotatable bonds is 6. The number of benzene rings is 2. The highest BCUT2D eigenvalue weighted by molar-refractivity contribution is 7.13. The molecular formula is C20H18N4O2S. The minimum Gasteiger partial charge on any atom is -0.497 e. The Morgan fingerprint density at radius 3 is 2.48 bits per heavy atom. The molecule has 2 heterocycles. The zero-order valence-electron chi connectivity index (χ0n) is 14.9. The molecule has 7 heteroatoms. The molecule has 0 aliphatic carbocycles. The molecule has 0 spiro atoms. The van der Waals surface area contributed by atoms with E-state index in [1.54, 1.807) is 25.9 Å². The molecule has 0 radical (unpaired) electrons. The summed E-state index contributed by atoms with van der Waals surface area (Å²) >= 11 is 1.54. The SMILES string of the molecule is COc1ccc(-c2ccc(-c3cc(Nc4cncs4)[nH]n3)cc2)c(OC)c1. The fourth-order valence-electron chi connectivity index (χ4n) is 2.80. The first-order chi connectivity index (χ1) is 13.3. The fraction of sp³-hybridized carbons (Fsp3) is 0.100. The first-order valence-electron chi connectivity index (χ1n) is 8.30. The van der Waals surface area contributed by atoms with Gasteiger partial charge in [-0.1, -0.05) is 24.3 Å². The van der Waals surface area contributed by atoms with Gasteiger partial charge in [-0.2, -0.15) is 5.10 Å². The largest absolute Gasteiger partial charge is 0.497 e. The van der Waals surface area contributed by atoms with Gasteiger partial charge in [0, 0.05) is 23.3 Å². The molecule has 2 N–H and O–H groups in total. The lowest BCUT2D eigenvalue weighted by molar-refractivity contribution is 0.395. The van der Waals surface area contributed by atoms with Crippen LogP contribution in [-0.4, -0.2) is 29.4 Å². The predicted octanol–water partition coefficient (Wildman–Crippen LogP) is 4.96. The zero-order chi connectivity index (χ0) is 18.6. The normalized spacial score (nSPS) is 10.6. The second-order valence-electron chi connectivity index (χ2n) is 5.80. The Morgan fingerprint density at radius 1 is 0.963 bits per heavy atom. The van der Waals surface area contributed by atoms with Crippen LogP contribution in [0.2, 0.25) is 0 Å². The zero-order valence-corrected chi connectivity index (χ0v) is 15.7. The molecule has 0 amide bonds. The smallest absolute Gasteiger partial charge is 0.130 e. The van der Waals surface area contributed by atoms with Crippen molar-refractivity contribution in [3.8, 4) is 33.9 Å². The number of hydrogen-bond acceptors (Lipinski definition) is 6. The quantitative estimate of drug-likeness (QED) is 0.496. The van der Waals surface area contributed by atoms with Crippen LogP contribution in [0.1, 0.15) is 0 Å². The maximum absolute atomic E-state index is 5.50. The van der Waals surface area contributed by atoms with E-state index in [-0.39, 0.29) is 0 Å². The number of aromatic amines is 1. The summed E-state index contributed by atoms with van der Waals surface area (Å²) in [6, 6.07) is 16.0. The lowest BCUT2D eigenvalue weighted by atomic mass is 10.0. The van der Waals surface area contributed by atoms with Crippen LogP contribution in [0.25, 0.3) is 22.4 Å². The molecule has 2 aromatic carbocycles. The van der Waals surface area contributed by atoms with Gasteiger partial charge in [-0.25, -0.2) is 0 Å². The average Bonchev–Trinajstić information content (AvgIpc) is 3.40. The number of methoxy groups -OCH3 is 2. The number of H-pyrrole nitrogens is 1. The lowest BCUT2D eigenvalue weighted by Crippen LogP contribution is -1.90. The third-order valence-corrected chi connectivity index (χ3v) is 4.86. The molecule has 6 nitrogen and oxygen atoms in total. The second kappa shape index (κ2) is 7.51. The Kier molecular flexibility index (Phi) is 4.76. The number of nitrogens with zero attached hydrogens (tertiary/aromatic N) is 2. The van der Waals surface area contributed by atoms with E-state index in [9.17, 15) is 0 Å². The van der Waals surface area contributed by atoms with Crippen LogP contribution < -0.4 is 14.8 Å². The Bertz CT molecular complexity index is 1030. The third kappa shape index (κ3) is 3.63. The van der Waals surface area contributed by atoms with Crippen LogP contribution in [0.5, 0.6) is 11.5 Å². The second-order valence-corrected chi connectivity index (χ2v) is 6.69. The van der Waals surface area contributed by atoms with E-state index in [1.807, 2.05) is 36.4 Å². The summed E-state index contributed by atoms with van der Waals surface area (Å²) in [7, 11) is 3.30. The van der Waals surface area contributed by atoms with Gasteiger partial charge in [-0.3, -0.25) is 10.1 Å². The predicted molar refractivity (Wildman–Crippen MR) is 108 cm³/mol. The van der Waals surface area contributed by atoms with Gasteiger partial charge in [0.1, 0.15) is 22.3 Å². The summed E-state index contributed by atoms with van der Waals surface area (Å²) < 4.78 is 10.8. The molecule has 0 aliphatic rings. The van der Waals surface area contributed by atoms with Gasteiger partial charge in [0.05, 0.1) is 31.6 Å². The van der Waals surface area contributed by atoms with Crippen molar-refractivity contribution in [2.45, 2.75) is 0 Å². The van der Waals surface area contributed by atoms with Gasteiger partial charge in [0.15, 0.2) is 0 Å². The fourth-order valence-corrected chi connectivity index (χ4v) is 3.33. The Balaban J connectivity index is 1.57. The van der Waals surface area contributed by atoms with E-state index in [0.29, 0.717) is 0 Å². The lowest BCUT2D eigenvalue weighted by Gasteiger charge is -2.11. The molecule has 0 saturated carbocycles. The molecule has 136 valence electrons. The monoisotopic (exact) mass is 378 g/mol. The first-order valence-corrected chi connectivity index (χ1v) is 9.18. The Morgan fingerprint density at radius 2 is 1.78 bits per heavy atom. The Labute approximate surface area is 160 Å². The van der Waals surface area contributed by atoms with Crippen LogP contribution >= 0.6 is 11.3 Å². The molecule has 0 unspecified atom stereocenters. The number of hydrogen-bond donors (Lipinski definition) is 2. The van der Waals surface area contributed by atoms with Crippen molar-refractivity contribution in [1.29, 1.82) is 0 Å². The van der Waals surface area contributed by atoms with Crippen molar-refractivity contribution in [1.82, 2.24) is 15.2 Å². The molecule has 27 heavy (non-hydrogen) atoms. The van der Waals surface area contributed by atoms with Crippen molar-refractivity contribution in [2.75, 3.05) is 19.5 Å². The van der Waals surface area contributed by atoms with Crippen molar-refractivity contribution in [3.63, 3.8) is 0 Å². The minimum atomic E-state index is 0.768. The van der Waals surface area contributed by atoms with Gasteiger partial charge in [-0.15, -0.1) is 11.3 Å². The first kappa shape index (κ1) is 17.1. The maximum atomic E-state index is 5.50. The molecule has 4 aromatic rings. The van der Waals surface area contributed by atoms with E-state index >= 15 is 0 Å². The van der Waals surface area contributed by atoms with Gasteiger partial charge in [-0.05, 0) is 17.7 Å². The van der Waals surface area contributed by atoms with E-state index < -0.39 is 0 Å². The average molecular weight is 378 g/mol. The van der Waals surface area contributed by atoms with Crippen LogP contribution in [0.3, 0.4) is 0 Å². The van der Waals surface area contributed by atoms with Crippen LogP contribution in [-0.2, 0) is 0 Å². The highest BCUT2D eigenvalue weighted by Crippen LogP contribution is 2.34. The molecule has 0 fully saturated rings. The molecule has 0 atom stereocenters. The van der Waals surface area contributed by atoms with E-state index in [0.717, 1.165) is 44.7 Å². The molecule has 2 aromatic heterocycles. The standard InChI is InChI=1S/C20H18N4O2S/c1-25-15-7-8-16(18(9-15)26-2)13-3-5-14(6-4-13)17-10-19(24-23-17)22-20-11-21-12-27-20/h3-12H,1-2H3,(H2,22,23,24). The molecule has 0 saturated heterocycles. The van der Waals surface area contributed by atoms with Gasteiger partial charge < -0.3 is 14.8 Å². The van der Waals surface area contributed by atoms with E-state index in [1.165, 1.54) is 11.3 Å². The van der Waals surface area contributed by atoms with Crippen molar-refractivity contribution < 1.29 is 9.47 Å². The summed E-state index contributed by atoms with van der Waals surface area (Å²) in [5.41, 5.74) is 5.76. The third-order valence-electron chi connectivity index (χ3n) is 4.17. The number of anilines is 2. The van der Waals surface area contributed by atoms with Crippen LogP contribution in [0.15, 0.2) is 60.2 Å². The van der Waals surface area contributed by atoms with Crippen LogP contribution in [0.4, 0.5) is 10.8 Å². The van der Waals surface area contributed by atoms with Gasteiger partial charge in [0.2, 0.25) is 0 Å². The molecule has 0 aliphatic heterocycles. The number of nitrogens with one attached hydrogen (secondary N) is 2. The number of thiazole rings is 1. The summed E-state index contributed by atoms with van der Waals surface area (Å²) in [5.74, 6) is 2.37. The molecule has 0 bridgehead atoms. The minimum absolute atomic E-state index is 0.768. The van der Waals surface area contributed by atoms with Crippen molar-refractivity contribution in [2.24, 2.45) is 0 Å². The van der Waals surface area contributed by atoms with E-state index in [4.69, 9.17) is 9.47 Å². The molecule has 4 rings (SSSR count). The van der Waals surface area contributed by atoms with E-state index in [2.05, 4.69) is 32.6 Å². The van der Waals surface area contributed by atoms with Crippen LogP contribution in [0, 0.1) is 0 Å². The summed E-state index contributed by atoms with van der Waals surface area (Å²) in [5, 5.41) is 11.6. The maximum Gasteiger partial charge on any atom is 0.130 e. The summed E-state index contributed by atoms with van der Waals surface area (Å²) in [6.07, 6.45) is 1.78. The highest BCUT2D eigenvalue weighted by Gasteiger charge is 2.09. The molecular weight excluding hydrogens is 360 g/mol. The summed E-state index contributed by atoms with van der Waals surface area (Å²) in [6.45, 7) is 0. The van der Waals surface area contributed by atoms with Crippen molar-refractivity contribution >= 4 is 22.2 Å². The number of aromatic nitrogens is 3. The topological polar surface area (TPSA) is 72.1 Å².